The largest absolute Gasteiger partial charge is 0.491 e. The standard InChI is InChI=1S/C21H23N3O/c1-13-10-18-20(12-23-13)25-9-6-16-17-11-15(14-4-7-22-8-5-14)2-3-19(17)24-21(16)18/h2-3,10-12,14,22,24H,4-9H2,1H3. The van der Waals surface area contributed by atoms with Gasteiger partial charge in [-0.25, -0.2) is 0 Å². The van der Waals surface area contributed by atoms with E-state index in [1.165, 1.54) is 40.6 Å². The number of benzene rings is 1. The van der Waals surface area contributed by atoms with Crippen LogP contribution in [0.25, 0.3) is 22.2 Å². The van der Waals surface area contributed by atoms with Crippen molar-refractivity contribution < 1.29 is 4.74 Å². The first-order chi connectivity index (χ1) is 12.3. The Kier molecular flexibility index (Phi) is 3.52. The molecule has 0 amide bonds. The van der Waals surface area contributed by atoms with Crippen LogP contribution in [0.3, 0.4) is 0 Å². The maximum absolute atomic E-state index is 5.95. The van der Waals surface area contributed by atoms with Gasteiger partial charge in [0.1, 0.15) is 5.75 Å². The molecule has 25 heavy (non-hydrogen) atoms. The molecule has 1 aromatic carbocycles. The molecule has 2 N–H and O–H groups in total. The lowest BCUT2D eigenvalue weighted by molar-refractivity contribution is 0.325. The molecule has 1 fully saturated rings. The number of nitrogens with zero attached hydrogens (tertiary/aromatic N) is 1. The van der Waals surface area contributed by atoms with Crippen LogP contribution in [0.15, 0.2) is 30.5 Å². The topological polar surface area (TPSA) is 49.9 Å². The summed E-state index contributed by atoms with van der Waals surface area (Å²) < 4.78 is 5.95. The summed E-state index contributed by atoms with van der Waals surface area (Å²) in [4.78, 5) is 8.04. The summed E-state index contributed by atoms with van der Waals surface area (Å²) in [6, 6.07) is 9.11. The van der Waals surface area contributed by atoms with Crippen LogP contribution in [-0.4, -0.2) is 29.7 Å². The zero-order valence-corrected chi connectivity index (χ0v) is 14.6. The fourth-order valence-electron chi connectivity index (χ4n) is 4.28. The Hall–Kier alpha value is -2.33. The highest BCUT2D eigenvalue weighted by Gasteiger charge is 2.22. The Morgan fingerprint density at radius 2 is 2.04 bits per heavy atom. The molecule has 2 aliphatic heterocycles. The number of H-pyrrole nitrogens is 1. The number of piperidine rings is 1. The summed E-state index contributed by atoms with van der Waals surface area (Å²) in [5.74, 6) is 1.56. The first-order valence-electron chi connectivity index (χ1n) is 9.24. The predicted octanol–water partition coefficient (Wildman–Crippen LogP) is 3.94. The van der Waals surface area contributed by atoms with E-state index in [1.54, 1.807) is 0 Å². The van der Waals surface area contributed by atoms with Crippen LogP contribution in [0, 0.1) is 6.92 Å². The van der Waals surface area contributed by atoms with Crippen molar-refractivity contribution in [2.75, 3.05) is 19.7 Å². The van der Waals surface area contributed by atoms with Crippen LogP contribution in [-0.2, 0) is 6.42 Å². The van der Waals surface area contributed by atoms with Gasteiger partial charge in [-0.2, -0.15) is 0 Å². The lowest BCUT2D eigenvalue weighted by Crippen LogP contribution is -2.26. The second-order valence-corrected chi connectivity index (χ2v) is 7.23. The number of fused-ring (bicyclic) bond motifs is 5. The van der Waals surface area contributed by atoms with Gasteiger partial charge >= 0.3 is 0 Å². The minimum absolute atomic E-state index is 0.678. The van der Waals surface area contributed by atoms with Crippen molar-refractivity contribution in [2.24, 2.45) is 0 Å². The molecule has 4 heterocycles. The van der Waals surface area contributed by atoms with E-state index in [4.69, 9.17) is 4.74 Å². The van der Waals surface area contributed by atoms with E-state index in [-0.39, 0.29) is 0 Å². The van der Waals surface area contributed by atoms with Crippen LogP contribution >= 0.6 is 0 Å². The quantitative estimate of drug-likeness (QED) is 0.709. The van der Waals surface area contributed by atoms with E-state index in [9.17, 15) is 0 Å². The number of aromatic nitrogens is 2. The van der Waals surface area contributed by atoms with E-state index in [0.29, 0.717) is 12.5 Å². The number of aryl methyl sites for hydroxylation is 1. The molecule has 0 saturated carbocycles. The molecule has 0 radical (unpaired) electrons. The van der Waals surface area contributed by atoms with Crippen LogP contribution in [0.5, 0.6) is 5.75 Å². The number of rotatable bonds is 1. The predicted molar refractivity (Wildman–Crippen MR) is 100 cm³/mol. The fourth-order valence-corrected chi connectivity index (χ4v) is 4.28. The summed E-state index contributed by atoms with van der Waals surface area (Å²) in [7, 11) is 0. The normalized spacial score (nSPS) is 17.6. The van der Waals surface area contributed by atoms with Crippen molar-refractivity contribution in [1.82, 2.24) is 15.3 Å². The maximum Gasteiger partial charge on any atom is 0.146 e. The summed E-state index contributed by atoms with van der Waals surface area (Å²) in [6.07, 6.45) is 5.24. The third kappa shape index (κ3) is 2.52. The molecule has 4 nitrogen and oxygen atoms in total. The fraction of sp³-hybridized carbons (Fsp3) is 0.381. The lowest BCUT2D eigenvalue weighted by Gasteiger charge is -2.23. The van der Waals surface area contributed by atoms with E-state index >= 15 is 0 Å². The zero-order valence-electron chi connectivity index (χ0n) is 14.6. The van der Waals surface area contributed by atoms with Crippen LogP contribution in [0.4, 0.5) is 0 Å². The van der Waals surface area contributed by atoms with E-state index in [1.807, 2.05) is 13.1 Å². The molecular weight excluding hydrogens is 310 g/mol. The lowest BCUT2D eigenvalue weighted by atomic mass is 9.89. The zero-order chi connectivity index (χ0) is 16.8. The summed E-state index contributed by atoms with van der Waals surface area (Å²) >= 11 is 0. The minimum Gasteiger partial charge on any atom is -0.491 e. The molecule has 0 unspecified atom stereocenters. The molecule has 0 bridgehead atoms. The Labute approximate surface area is 147 Å². The van der Waals surface area contributed by atoms with Gasteiger partial charge in [0, 0.05) is 28.6 Å². The van der Waals surface area contributed by atoms with Gasteiger partial charge in [-0.05, 0) is 68.1 Å². The Balaban J connectivity index is 1.66. The summed E-state index contributed by atoms with van der Waals surface area (Å²) in [5, 5.41) is 4.82. The molecule has 128 valence electrons. The van der Waals surface area contributed by atoms with E-state index in [2.05, 4.69) is 39.6 Å². The minimum atomic E-state index is 0.678. The van der Waals surface area contributed by atoms with Gasteiger partial charge in [-0.15, -0.1) is 0 Å². The number of aromatic amines is 1. The highest BCUT2D eigenvalue weighted by molar-refractivity contribution is 5.92. The van der Waals surface area contributed by atoms with Crippen molar-refractivity contribution in [2.45, 2.75) is 32.1 Å². The number of nitrogens with one attached hydrogen (secondary N) is 2. The third-order valence-electron chi connectivity index (χ3n) is 5.62. The first kappa shape index (κ1) is 15.0. The van der Waals surface area contributed by atoms with Gasteiger partial charge in [0.15, 0.2) is 0 Å². The van der Waals surface area contributed by atoms with E-state index in [0.717, 1.165) is 36.5 Å². The summed E-state index contributed by atoms with van der Waals surface area (Å²) in [5.41, 5.74) is 7.45. The number of hydrogen-bond donors (Lipinski definition) is 2. The Bertz CT molecular complexity index is 938. The van der Waals surface area contributed by atoms with Gasteiger partial charge in [0.25, 0.3) is 0 Å². The van der Waals surface area contributed by atoms with Crippen molar-refractivity contribution in [3.63, 3.8) is 0 Å². The Morgan fingerprint density at radius 1 is 1.16 bits per heavy atom. The highest BCUT2D eigenvalue weighted by atomic mass is 16.5. The molecule has 1 saturated heterocycles. The van der Waals surface area contributed by atoms with Gasteiger partial charge in [0.05, 0.1) is 18.5 Å². The molecule has 4 heteroatoms. The SMILES string of the molecule is Cc1cc2c(cn1)OCCc1c-2[nH]c2ccc(C3CCNCC3)cc12. The van der Waals surface area contributed by atoms with Gasteiger partial charge < -0.3 is 15.0 Å². The monoisotopic (exact) mass is 333 g/mol. The maximum atomic E-state index is 5.95. The second kappa shape index (κ2) is 5.88. The van der Waals surface area contributed by atoms with Gasteiger partial charge in [-0.1, -0.05) is 6.07 Å². The Morgan fingerprint density at radius 3 is 2.92 bits per heavy atom. The molecule has 2 aliphatic rings. The molecule has 5 rings (SSSR count). The number of hydrogen-bond acceptors (Lipinski definition) is 3. The molecule has 0 spiro atoms. The smallest absolute Gasteiger partial charge is 0.146 e. The summed E-state index contributed by atoms with van der Waals surface area (Å²) in [6.45, 7) is 4.99. The van der Waals surface area contributed by atoms with Crippen molar-refractivity contribution in [3.05, 3.63) is 47.3 Å². The number of pyridine rings is 1. The van der Waals surface area contributed by atoms with Gasteiger partial charge in [-0.3, -0.25) is 4.98 Å². The van der Waals surface area contributed by atoms with E-state index < -0.39 is 0 Å². The third-order valence-corrected chi connectivity index (χ3v) is 5.62. The van der Waals surface area contributed by atoms with Crippen molar-refractivity contribution in [1.29, 1.82) is 0 Å². The highest BCUT2D eigenvalue weighted by Crippen LogP contribution is 2.39. The molecule has 2 aromatic heterocycles. The second-order valence-electron chi connectivity index (χ2n) is 7.23. The average Bonchev–Trinajstić information content (AvgIpc) is 2.92. The molecular formula is C21H23N3O. The molecule has 0 atom stereocenters. The van der Waals surface area contributed by atoms with Crippen molar-refractivity contribution >= 4 is 10.9 Å². The van der Waals surface area contributed by atoms with Crippen LogP contribution < -0.4 is 10.1 Å². The molecule has 3 aromatic rings. The van der Waals surface area contributed by atoms with Crippen LogP contribution in [0.1, 0.15) is 35.6 Å². The van der Waals surface area contributed by atoms with Crippen LogP contribution in [0.2, 0.25) is 0 Å². The van der Waals surface area contributed by atoms with Crippen molar-refractivity contribution in [3.8, 4) is 17.0 Å². The van der Waals surface area contributed by atoms with Gasteiger partial charge in [0.2, 0.25) is 0 Å². The average molecular weight is 333 g/mol. The number of ether oxygens (including phenoxy) is 1. The first-order valence-corrected chi connectivity index (χ1v) is 9.24. The molecule has 0 aliphatic carbocycles.